The van der Waals surface area contributed by atoms with Crippen molar-refractivity contribution in [3.8, 4) is 0 Å². The zero-order chi connectivity index (χ0) is 14.7. The zero-order valence-corrected chi connectivity index (χ0v) is 13.3. The molecule has 2 heterocycles. The van der Waals surface area contributed by atoms with Crippen molar-refractivity contribution in [1.29, 1.82) is 0 Å². The lowest BCUT2D eigenvalue weighted by atomic mass is 10.2. The second-order valence-corrected chi connectivity index (χ2v) is 6.19. The van der Waals surface area contributed by atoms with Gasteiger partial charge in [-0.25, -0.2) is 0 Å². The van der Waals surface area contributed by atoms with Gasteiger partial charge in [0.15, 0.2) is 0 Å². The Bertz CT molecular complexity index is 578. The monoisotopic (exact) mass is 324 g/mol. The largest absolute Gasteiger partial charge is 0.468 e. The SMILES string of the molecule is Clc1ccc(CN2CCN(Cc3ccco3)CC2)cc1Cl. The minimum Gasteiger partial charge on any atom is -0.468 e. The molecule has 0 saturated carbocycles. The van der Waals surface area contributed by atoms with Crippen LogP contribution in [0.25, 0.3) is 0 Å². The van der Waals surface area contributed by atoms with Gasteiger partial charge in [0.05, 0.1) is 22.9 Å². The van der Waals surface area contributed by atoms with Crippen molar-refractivity contribution in [3.63, 3.8) is 0 Å². The van der Waals surface area contributed by atoms with Crippen LogP contribution in [0.1, 0.15) is 11.3 Å². The van der Waals surface area contributed by atoms with Gasteiger partial charge in [-0.15, -0.1) is 0 Å². The van der Waals surface area contributed by atoms with Gasteiger partial charge in [0.1, 0.15) is 5.76 Å². The maximum absolute atomic E-state index is 6.07. The Balaban J connectivity index is 1.50. The molecule has 21 heavy (non-hydrogen) atoms. The fraction of sp³-hybridized carbons (Fsp3) is 0.375. The van der Waals surface area contributed by atoms with Crippen LogP contribution in [-0.2, 0) is 13.1 Å². The number of hydrogen-bond donors (Lipinski definition) is 0. The third-order valence-corrected chi connectivity index (χ3v) is 4.55. The fourth-order valence-electron chi connectivity index (χ4n) is 2.62. The number of benzene rings is 1. The van der Waals surface area contributed by atoms with E-state index in [0.29, 0.717) is 10.0 Å². The second kappa shape index (κ2) is 6.84. The molecular formula is C16H18Cl2N2O. The average molecular weight is 325 g/mol. The van der Waals surface area contributed by atoms with E-state index in [9.17, 15) is 0 Å². The van der Waals surface area contributed by atoms with E-state index in [1.807, 2.05) is 30.3 Å². The van der Waals surface area contributed by atoms with Gasteiger partial charge in [-0.2, -0.15) is 0 Å². The Labute approximate surface area is 135 Å². The van der Waals surface area contributed by atoms with Crippen LogP contribution >= 0.6 is 23.2 Å². The van der Waals surface area contributed by atoms with Gasteiger partial charge in [-0.3, -0.25) is 9.80 Å². The summed E-state index contributed by atoms with van der Waals surface area (Å²) in [5, 5.41) is 1.24. The Morgan fingerprint density at radius 3 is 2.24 bits per heavy atom. The summed E-state index contributed by atoms with van der Waals surface area (Å²) in [5.41, 5.74) is 1.21. The topological polar surface area (TPSA) is 19.6 Å². The van der Waals surface area contributed by atoms with Gasteiger partial charge in [0, 0.05) is 32.7 Å². The molecule has 0 radical (unpaired) electrons. The summed E-state index contributed by atoms with van der Waals surface area (Å²) < 4.78 is 5.40. The first-order valence-electron chi connectivity index (χ1n) is 7.12. The molecular weight excluding hydrogens is 307 g/mol. The Morgan fingerprint density at radius 2 is 1.62 bits per heavy atom. The molecule has 1 aliphatic heterocycles. The molecule has 5 heteroatoms. The average Bonchev–Trinajstić information content (AvgIpc) is 2.98. The minimum absolute atomic E-state index is 0.615. The summed E-state index contributed by atoms with van der Waals surface area (Å²) in [5.74, 6) is 1.04. The highest BCUT2D eigenvalue weighted by Gasteiger charge is 2.18. The lowest BCUT2D eigenvalue weighted by molar-refractivity contribution is 0.116. The van der Waals surface area contributed by atoms with Crippen molar-refractivity contribution < 1.29 is 4.42 Å². The van der Waals surface area contributed by atoms with E-state index in [4.69, 9.17) is 27.6 Å². The number of halogens is 2. The first-order valence-corrected chi connectivity index (χ1v) is 7.87. The van der Waals surface area contributed by atoms with E-state index in [1.165, 1.54) is 5.56 Å². The third kappa shape index (κ3) is 4.01. The van der Waals surface area contributed by atoms with Crippen LogP contribution in [0, 0.1) is 0 Å². The van der Waals surface area contributed by atoms with Crippen LogP contribution in [0.3, 0.4) is 0 Å². The quantitative estimate of drug-likeness (QED) is 0.850. The standard InChI is InChI=1S/C16H18Cl2N2O/c17-15-4-3-13(10-16(15)18)11-19-5-7-20(8-6-19)12-14-2-1-9-21-14/h1-4,9-10H,5-8,11-12H2. The van der Waals surface area contributed by atoms with E-state index in [0.717, 1.165) is 45.0 Å². The molecule has 0 bridgehead atoms. The minimum atomic E-state index is 0.615. The summed E-state index contributed by atoms with van der Waals surface area (Å²) >= 11 is 12.0. The van der Waals surface area contributed by atoms with Crippen molar-refractivity contribution in [3.05, 3.63) is 58.0 Å². The number of nitrogens with zero attached hydrogens (tertiary/aromatic N) is 2. The summed E-state index contributed by atoms with van der Waals surface area (Å²) in [6, 6.07) is 9.84. The molecule has 0 aliphatic carbocycles. The van der Waals surface area contributed by atoms with Crippen LogP contribution in [0.15, 0.2) is 41.0 Å². The van der Waals surface area contributed by atoms with Crippen LogP contribution in [0.4, 0.5) is 0 Å². The molecule has 3 rings (SSSR count). The van der Waals surface area contributed by atoms with Gasteiger partial charge in [0.2, 0.25) is 0 Å². The van der Waals surface area contributed by atoms with Gasteiger partial charge >= 0.3 is 0 Å². The van der Waals surface area contributed by atoms with E-state index in [-0.39, 0.29) is 0 Å². The summed E-state index contributed by atoms with van der Waals surface area (Å²) in [6.07, 6.45) is 1.73. The zero-order valence-electron chi connectivity index (χ0n) is 11.8. The van der Waals surface area contributed by atoms with E-state index in [1.54, 1.807) is 6.26 Å². The van der Waals surface area contributed by atoms with Crippen LogP contribution in [-0.4, -0.2) is 36.0 Å². The normalized spacial score (nSPS) is 17.2. The molecule has 0 N–H and O–H groups in total. The smallest absolute Gasteiger partial charge is 0.117 e. The molecule has 1 aliphatic rings. The van der Waals surface area contributed by atoms with Crippen molar-refractivity contribution in [2.45, 2.75) is 13.1 Å². The molecule has 2 aromatic rings. The number of furan rings is 1. The molecule has 0 spiro atoms. The molecule has 112 valence electrons. The highest BCUT2D eigenvalue weighted by Crippen LogP contribution is 2.23. The number of piperazine rings is 1. The molecule has 1 fully saturated rings. The van der Waals surface area contributed by atoms with Gasteiger partial charge < -0.3 is 4.42 Å². The number of hydrogen-bond acceptors (Lipinski definition) is 3. The highest BCUT2D eigenvalue weighted by atomic mass is 35.5. The van der Waals surface area contributed by atoms with E-state index >= 15 is 0 Å². The predicted molar refractivity (Wildman–Crippen MR) is 85.7 cm³/mol. The van der Waals surface area contributed by atoms with Gasteiger partial charge in [0.25, 0.3) is 0 Å². The van der Waals surface area contributed by atoms with E-state index in [2.05, 4.69) is 9.80 Å². The Hall–Kier alpha value is -1.00. The molecule has 3 nitrogen and oxygen atoms in total. The lowest BCUT2D eigenvalue weighted by Crippen LogP contribution is -2.45. The molecule has 1 saturated heterocycles. The predicted octanol–water partition coefficient (Wildman–Crippen LogP) is 3.90. The molecule has 0 atom stereocenters. The van der Waals surface area contributed by atoms with E-state index < -0.39 is 0 Å². The molecule has 0 amide bonds. The molecule has 0 unspecified atom stereocenters. The van der Waals surface area contributed by atoms with Crippen molar-refractivity contribution >= 4 is 23.2 Å². The molecule has 1 aromatic heterocycles. The summed E-state index contributed by atoms with van der Waals surface area (Å²) in [6.45, 7) is 6.05. The van der Waals surface area contributed by atoms with Crippen molar-refractivity contribution in [2.24, 2.45) is 0 Å². The van der Waals surface area contributed by atoms with Gasteiger partial charge in [-0.05, 0) is 29.8 Å². The van der Waals surface area contributed by atoms with Crippen LogP contribution in [0.2, 0.25) is 10.0 Å². The summed E-state index contributed by atoms with van der Waals surface area (Å²) in [4.78, 5) is 4.86. The van der Waals surface area contributed by atoms with Crippen LogP contribution in [0.5, 0.6) is 0 Å². The third-order valence-electron chi connectivity index (χ3n) is 3.81. The molecule has 1 aromatic carbocycles. The maximum atomic E-state index is 6.07. The summed E-state index contributed by atoms with van der Waals surface area (Å²) in [7, 11) is 0. The number of rotatable bonds is 4. The van der Waals surface area contributed by atoms with Crippen molar-refractivity contribution in [2.75, 3.05) is 26.2 Å². The fourth-order valence-corrected chi connectivity index (χ4v) is 2.95. The first-order chi connectivity index (χ1) is 10.2. The maximum Gasteiger partial charge on any atom is 0.117 e. The Morgan fingerprint density at radius 1 is 0.905 bits per heavy atom. The lowest BCUT2D eigenvalue weighted by Gasteiger charge is -2.34. The van der Waals surface area contributed by atoms with Crippen LogP contribution < -0.4 is 0 Å². The Kier molecular flexibility index (Phi) is 4.86. The first kappa shape index (κ1) is 14.9. The highest BCUT2D eigenvalue weighted by molar-refractivity contribution is 6.42. The second-order valence-electron chi connectivity index (χ2n) is 5.38. The van der Waals surface area contributed by atoms with Crippen molar-refractivity contribution in [1.82, 2.24) is 9.80 Å². The van der Waals surface area contributed by atoms with Gasteiger partial charge in [-0.1, -0.05) is 29.3 Å².